The Morgan fingerprint density at radius 3 is 2.40 bits per heavy atom. The molecule has 0 unspecified atom stereocenters. The second kappa shape index (κ2) is 9.30. The van der Waals surface area contributed by atoms with Crippen LogP contribution in [0.3, 0.4) is 0 Å². The van der Waals surface area contributed by atoms with E-state index in [-0.39, 0.29) is 22.5 Å². The van der Waals surface area contributed by atoms with Crippen molar-refractivity contribution in [2.24, 2.45) is 5.41 Å². The van der Waals surface area contributed by atoms with Gasteiger partial charge < -0.3 is 15.8 Å². The van der Waals surface area contributed by atoms with Crippen LogP contribution in [0.1, 0.15) is 49.3 Å². The Morgan fingerprint density at radius 1 is 1.23 bits per heavy atom. The number of rotatable bonds is 7. The van der Waals surface area contributed by atoms with Gasteiger partial charge >= 0.3 is 0 Å². The Labute approximate surface area is 178 Å². The number of nitrogens with zero attached hydrogens (tertiary/aromatic N) is 1. The number of nitrogen functional groups attached to an aromatic ring is 1. The molecule has 3 N–H and O–H groups in total. The number of carbonyl (C=O) groups is 1. The minimum Gasteiger partial charge on any atom is -0.477 e. The summed E-state index contributed by atoms with van der Waals surface area (Å²) in [5, 5.41) is 2.77. The van der Waals surface area contributed by atoms with Crippen LogP contribution in [0.2, 0.25) is 0 Å². The Bertz CT molecular complexity index is 1040. The molecule has 0 saturated heterocycles. The Hall–Kier alpha value is -2.87. The third kappa shape index (κ3) is 6.59. The summed E-state index contributed by atoms with van der Waals surface area (Å²) in [7, 11) is -3.26. The zero-order valence-corrected chi connectivity index (χ0v) is 18.8. The Kier molecular flexibility index (Phi) is 7.25. The maximum atomic E-state index is 12.6. The van der Waals surface area contributed by atoms with Gasteiger partial charge in [0.25, 0.3) is 5.91 Å². The molecule has 30 heavy (non-hydrogen) atoms. The van der Waals surface area contributed by atoms with E-state index in [4.69, 9.17) is 10.5 Å². The number of aromatic nitrogens is 1. The molecule has 0 aliphatic rings. The van der Waals surface area contributed by atoms with E-state index in [0.29, 0.717) is 23.7 Å². The molecule has 0 atom stereocenters. The number of benzene rings is 1. The van der Waals surface area contributed by atoms with Crippen LogP contribution >= 0.6 is 0 Å². The van der Waals surface area contributed by atoms with E-state index >= 15 is 0 Å². The number of pyridine rings is 1. The number of sulfone groups is 1. The van der Waals surface area contributed by atoms with Gasteiger partial charge in [0.15, 0.2) is 9.84 Å². The van der Waals surface area contributed by atoms with Crippen LogP contribution in [-0.2, 0) is 16.4 Å². The van der Waals surface area contributed by atoms with Crippen molar-refractivity contribution in [1.29, 1.82) is 0 Å². The van der Waals surface area contributed by atoms with Crippen molar-refractivity contribution in [3.8, 4) is 5.88 Å². The topological polar surface area (TPSA) is 111 Å². The Balaban J connectivity index is 2.20. The van der Waals surface area contributed by atoms with Crippen molar-refractivity contribution < 1.29 is 17.9 Å². The van der Waals surface area contributed by atoms with Crippen LogP contribution < -0.4 is 15.8 Å². The highest BCUT2D eigenvalue weighted by Gasteiger charge is 2.16. The molecule has 0 aliphatic heterocycles. The van der Waals surface area contributed by atoms with Crippen LogP contribution in [0, 0.1) is 5.41 Å². The van der Waals surface area contributed by atoms with Gasteiger partial charge in [0.2, 0.25) is 5.88 Å². The molecule has 8 heteroatoms. The Morgan fingerprint density at radius 2 is 1.87 bits per heavy atom. The number of allylic oxidation sites excluding steroid dienone is 1. The third-order valence-corrected chi connectivity index (χ3v) is 5.25. The van der Waals surface area contributed by atoms with Crippen LogP contribution in [0.4, 0.5) is 5.69 Å². The normalized spacial score (nSPS) is 12.2. The predicted molar refractivity (Wildman–Crippen MR) is 119 cm³/mol. The molecular formula is C22H29N3O4S. The van der Waals surface area contributed by atoms with Gasteiger partial charge in [-0.15, -0.1) is 0 Å². The molecule has 0 radical (unpaired) electrons. The average Bonchev–Trinajstić information content (AvgIpc) is 2.64. The second-order valence-corrected chi connectivity index (χ2v) is 10.1. The fraction of sp³-hybridized carbons (Fsp3) is 0.364. The summed E-state index contributed by atoms with van der Waals surface area (Å²) in [4.78, 5) is 17.1. The van der Waals surface area contributed by atoms with Gasteiger partial charge in [-0.05, 0) is 36.1 Å². The molecule has 2 rings (SSSR count). The molecule has 0 fully saturated rings. The molecule has 162 valence electrons. The number of amides is 1. The first-order valence-corrected chi connectivity index (χ1v) is 11.5. The van der Waals surface area contributed by atoms with Crippen molar-refractivity contribution in [3.05, 3.63) is 53.2 Å². The molecule has 1 heterocycles. The number of carbonyl (C=O) groups excluding carboxylic acids is 1. The zero-order chi connectivity index (χ0) is 22.5. The minimum atomic E-state index is -3.26. The number of hydrogen-bond acceptors (Lipinski definition) is 6. The summed E-state index contributed by atoms with van der Waals surface area (Å²) >= 11 is 0. The number of nitrogens with two attached hydrogens (primary N) is 1. The highest BCUT2D eigenvalue weighted by Crippen LogP contribution is 2.28. The van der Waals surface area contributed by atoms with E-state index in [1.165, 1.54) is 18.2 Å². The average molecular weight is 432 g/mol. The molecule has 2 aromatic rings. The van der Waals surface area contributed by atoms with Gasteiger partial charge in [0.1, 0.15) is 5.69 Å². The second-order valence-electron chi connectivity index (χ2n) is 8.05. The summed E-state index contributed by atoms with van der Waals surface area (Å²) in [5.74, 6) is -0.0955. The SMILES string of the molecule is CCOc1nc(C(=O)NCc2ccc(S(C)(=O)=O)cc2)cc(N)c1/C=C/C(C)(C)C. The summed E-state index contributed by atoms with van der Waals surface area (Å²) in [6, 6.07) is 7.86. The maximum absolute atomic E-state index is 12.6. The number of ether oxygens (including phenoxy) is 1. The van der Waals surface area contributed by atoms with Gasteiger partial charge in [-0.3, -0.25) is 4.79 Å². The lowest BCUT2D eigenvalue weighted by atomic mass is 9.95. The van der Waals surface area contributed by atoms with E-state index < -0.39 is 15.7 Å². The molecule has 0 aliphatic carbocycles. The molecule has 0 spiro atoms. The summed E-state index contributed by atoms with van der Waals surface area (Å²) in [6.07, 6.45) is 5.01. The van der Waals surface area contributed by atoms with Crippen LogP contribution in [-0.4, -0.2) is 32.2 Å². The quantitative estimate of drug-likeness (QED) is 0.694. The number of hydrogen-bond donors (Lipinski definition) is 2. The zero-order valence-electron chi connectivity index (χ0n) is 18.0. The van der Waals surface area contributed by atoms with Crippen molar-refractivity contribution in [2.45, 2.75) is 39.1 Å². The van der Waals surface area contributed by atoms with Crippen LogP contribution in [0.5, 0.6) is 5.88 Å². The minimum absolute atomic E-state index is 0.0430. The first-order valence-electron chi connectivity index (χ1n) is 9.60. The summed E-state index contributed by atoms with van der Waals surface area (Å²) in [5.41, 5.74) is 8.08. The largest absolute Gasteiger partial charge is 0.477 e. The lowest BCUT2D eigenvalue weighted by molar-refractivity contribution is 0.0944. The first-order chi connectivity index (χ1) is 13.9. The molecule has 1 aromatic heterocycles. The van der Waals surface area contributed by atoms with Crippen molar-refractivity contribution >= 4 is 27.5 Å². The fourth-order valence-electron chi connectivity index (χ4n) is 2.54. The molecule has 7 nitrogen and oxygen atoms in total. The molecule has 0 saturated carbocycles. The van der Waals surface area contributed by atoms with E-state index in [0.717, 1.165) is 11.8 Å². The van der Waals surface area contributed by atoms with E-state index in [9.17, 15) is 13.2 Å². The van der Waals surface area contributed by atoms with Gasteiger partial charge in [0, 0.05) is 18.5 Å². The summed E-state index contributed by atoms with van der Waals surface area (Å²) < 4.78 is 28.7. The fourth-order valence-corrected chi connectivity index (χ4v) is 3.17. The van der Waals surface area contributed by atoms with E-state index in [1.807, 2.05) is 19.1 Å². The van der Waals surface area contributed by atoms with Crippen LogP contribution in [0.15, 0.2) is 41.3 Å². The predicted octanol–water partition coefficient (Wildman–Crippen LogP) is 3.46. The highest BCUT2D eigenvalue weighted by atomic mass is 32.2. The van der Waals surface area contributed by atoms with Crippen molar-refractivity contribution in [1.82, 2.24) is 10.3 Å². The standard InChI is InChI=1S/C22H29N3O4S/c1-6-29-21-17(11-12-22(2,3)4)18(23)13-19(25-21)20(26)24-14-15-7-9-16(10-8-15)30(5,27)28/h7-13H,6,14H2,1-5H3,(H2,23,25)(H,24,26)/b12-11+. The molecule has 0 bridgehead atoms. The number of nitrogens with one attached hydrogen (secondary N) is 1. The van der Waals surface area contributed by atoms with Gasteiger partial charge in [-0.25, -0.2) is 13.4 Å². The smallest absolute Gasteiger partial charge is 0.270 e. The van der Waals surface area contributed by atoms with E-state index in [2.05, 4.69) is 31.1 Å². The maximum Gasteiger partial charge on any atom is 0.270 e. The molecule has 1 aromatic carbocycles. The molecule has 1 amide bonds. The lowest BCUT2D eigenvalue weighted by Gasteiger charge is -2.14. The first kappa shape index (κ1) is 23.4. The summed E-state index contributed by atoms with van der Waals surface area (Å²) in [6.45, 7) is 8.65. The lowest BCUT2D eigenvalue weighted by Crippen LogP contribution is -2.24. The highest BCUT2D eigenvalue weighted by molar-refractivity contribution is 7.90. The van der Waals surface area contributed by atoms with Crippen molar-refractivity contribution in [3.63, 3.8) is 0 Å². The number of anilines is 1. The third-order valence-electron chi connectivity index (χ3n) is 4.12. The van der Waals surface area contributed by atoms with Gasteiger partial charge in [0.05, 0.1) is 17.1 Å². The van der Waals surface area contributed by atoms with Crippen molar-refractivity contribution in [2.75, 3.05) is 18.6 Å². The monoisotopic (exact) mass is 431 g/mol. The van der Waals surface area contributed by atoms with Gasteiger partial charge in [-0.2, -0.15) is 0 Å². The molecular weight excluding hydrogens is 402 g/mol. The van der Waals surface area contributed by atoms with Gasteiger partial charge in [-0.1, -0.05) is 45.1 Å². The van der Waals surface area contributed by atoms with E-state index in [1.54, 1.807) is 12.1 Å². The van der Waals surface area contributed by atoms with Crippen LogP contribution in [0.25, 0.3) is 6.08 Å².